The lowest BCUT2D eigenvalue weighted by Crippen LogP contribution is -2.40. The molecule has 0 fully saturated rings. The Balaban J connectivity index is 1.41. The molecule has 1 aliphatic rings. The Bertz CT molecular complexity index is 1030. The van der Waals surface area contributed by atoms with Crippen molar-refractivity contribution in [1.82, 2.24) is 14.9 Å². The topological polar surface area (TPSA) is 64.0 Å². The first-order chi connectivity index (χ1) is 14.6. The number of amides is 1. The van der Waals surface area contributed by atoms with Crippen LogP contribution in [0.3, 0.4) is 0 Å². The quantitative estimate of drug-likeness (QED) is 0.620. The average molecular weight is 420 g/mol. The van der Waals surface area contributed by atoms with E-state index in [0.29, 0.717) is 29.6 Å². The van der Waals surface area contributed by atoms with E-state index < -0.39 is 0 Å². The molecule has 0 radical (unpaired) electrons. The summed E-state index contributed by atoms with van der Waals surface area (Å²) in [6.07, 6.45) is 2.42. The number of benzene rings is 2. The van der Waals surface area contributed by atoms with Gasteiger partial charge < -0.3 is 5.32 Å². The highest BCUT2D eigenvalue weighted by molar-refractivity contribution is 7.99. The molecule has 2 heterocycles. The van der Waals surface area contributed by atoms with E-state index in [2.05, 4.69) is 34.6 Å². The first-order valence-corrected chi connectivity index (χ1v) is 11.2. The van der Waals surface area contributed by atoms with E-state index in [9.17, 15) is 9.59 Å². The minimum absolute atomic E-state index is 0.00132. The first-order valence-electron chi connectivity index (χ1n) is 10.2. The van der Waals surface area contributed by atoms with E-state index >= 15 is 0 Å². The van der Waals surface area contributed by atoms with Gasteiger partial charge in [0.25, 0.3) is 5.56 Å². The summed E-state index contributed by atoms with van der Waals surface area (Å²) < 4.78 is 1.63. The highest BCUT2D eigenvalue weighted by Gasteiger charge is 2.27. The molecule has 1 amide bonds. The van der Waals surface area contributed by atoms with Crippen LogP contribution in [0, 0.1) is 12.8 Å². The number of carbonyl (C=O) groups excluding carboxylic acids is 1. The predicted molar refractivity (Wildman–Crippen MR) is 120 cm³/mol. The van der Waals surface area contributed by atoms with Crippen LogP contribution >= 0.6 is 11.8 Å². The van der Waals surface area contributed by atoms with Gasteiger partial charge in [-0.25, -0.2) is 4.98 Å². The molecule has 3 aromatic rings. The summed E-state index contributed by atoms with van der Waals surface area (Å²) in [7, 11) is 0. The van der Waals surface area contributed by atoms with Gasteiger partial charge in [-0.1, -0.05) is 72.4 Å². The summed E-state index contributed by atoms with van der Waals surface area (Å²) in [5.74, 6) is 0.642. The zero-order chi connectivity index (χ0) is 20.9. The third kappa shape index (κ3) is 4.49. The molecular formula is C24H25N3O2S. The summed E-state index contributed by atoms with van der Waals surface area (Å²) in [5, 5.41) is 3.80. The lowest BCUT2D eigenvalue weighted by Gasteiger charge is -2.25. The molecule has 1 aliphatic heterocycles. The molecule has 0 saturated heterocycles. The van der Waals surface area contributed by atoms with E-state index in [0.717, 1.165) is 6.42 Å². The molecule has 4 rings (SSSR count). The lowest BCUT2D eigenvalue weighted by molar-refractivity contribution is -0.124. The van der Waals surface area contributed by atoms with E-state index in [-0.39, 0.29) is 23.3 Å². The number of aromatic nitrogens is 2. The monoisotopic (exact) mass is 419 g/mol. The van der Waals surface area contributed by atoms with Gasteiger partial charge in [0.15, 0.2) is 5.16 Å². The number of nitrogens with one attached hydrogen (secondary N) is 1. The van der Waals surface area contributed by atoms with Crippen molar-refractivity contribution in [2.75, 3.05) is 12.3 Å². The number of nitrogens with zero attached hydrogens (tertiary/aromatic N) is 2. The van der Waals surface area contributed by atoms with Crippen molar-refractivity contribution in [3.63, 3.8) is 0 Å². The number of carbonyl (C=O) groups is 1. The molecule has 0 aliphatic carbocycles. The molecule has 1 atom stereocenters. The Labute approximate surface area is 180 Å². The summed E-state index contributed by atoms with van der Waals surface area (Å²) >= 11 is 1.47. The maximum absolute atomic E-state index is 12.8. The Kier molecular flexibility index (Phi) is 6.33. The van der Waals surface area contributed by atoms with Crippen LogP contribution in [0.4, 0.5) is 0 Å². The molecule has 154 valence electrons. The number of hydrogen-bond donors (Lipinski definition) is 1. The summed E-state index contributed by atoms with van der Waals surface area (Å²) in [6, 6.07) is 20.8. The Morgan fingerprint density at radius 1 is 1.13 bits per heavy atom. The fourth-order valence-electron chi connectivity index (χ4n) is 3.84. The molecule has 0 saturated carbocycles. The van der Waals surface area contributed by atoms with Crippen molar-refractivity contribution in [2.24, 2.45) is 5.92 Å². The molecule has 1 aromatic heterocycles. The van der Waals surface area contributed by atoms with Gasteiger partial charge >= 0.3 is 0 Å². The maximum atomic E-state index is 12.8. The number of hydrogen-bond acceptors (Lipinski definition) is 4. The average Bonchev–Trinajstić information content (AvgIpc) is 2.80. The van der Waals surface area contributed by atoms with Gasteiger partial charge in [-0.15, -0.1) is 0 Å². The molecule has 6 heteroatoms. The number of rotatable bonds is 6. The standard InChI is InChI=1S/C24H25N3O2S/c1-17-14-26-24-27(23(17)29)15-20(16-30-24)22(28)25-13-12-21(18-8-4-2-5-9-18)19-10-6-3-7-11-19/h2-11,14,20-21H,12-13,15-16H2,1H3,(H,25,28). The Morgan fingerprint density at radius 3 is 2.40 bits per heavy atom. The fraction of sp³-hybridized carbons (Fsp3) is 0.292. The van der Waals surface area contributed by atoms with Crippen LogP contribution in [0.5, 0.6) is 0 Å². The van der Waals surface area contributed by atoms with Crippen molar-refractivity contribution >= 4 is 17.7 Å². The zero-order valence-electron chi connectivity index (χ0n) is 17.0. The minimum atomic E-state index is -0.226. The van der Waals surface area contributed by atoms with Crippen molar-refractivity contribution in [3.8, 4) is 0 Å². The second-order valence-corrected chi connectivity index (χ2v) is 8.59. The number of fused-ring (bicyclic) bond motifs is 1. The van der Waals surface area contributed by atoms with Crippen LogP contribution in [-0.2, 0) is 11.3 Å². The minimum Gasteiger partial charge on any atom is -0.356 e. The molecule has 30 heavy (non-hydrogen) atoms. The summed E-state index contributed by atoms with van der Waals surface area (Å²) in [5.41, 5.74) is 3.04. The van der Waals surface area contributed by atoms with Crippen LogP contribution in [0.1, 0.15) is 29.0 Å². The van der Waals surface area contributed by atoms with E-state index in [4.69, 9.17) is 0 Å². The summed E-state index contributed by atoms with van der Waals surface area (Å²) in [4.78, 5) is 29.5. The van der Waals surface area contributed by atoms with Gasteiger partial charge in [-0.2, -0.15) is 0 Å². The normalized spacial score (nSPS) is 15.6. The molecule has 1 unspecified atom stereocenters. The van der Waals surface area contributed by atoms with Gasteiger partial charge in [0.1, 0.15) is 0 Å². The molecule has 2 aromatic carbocycles. The predicted octanol–water partition coefficient (Wildman–Crippen LogP) is 3.61. The van der Waals surface area contributed by atoms with Crippen molar-refractivity contribution in [1.29, 1.82) is 0 Å². The van der Waals surface area contributed by atoms with Gasteiger partial charge in [0, 0.05) is 36.5 Å². The van der Waals surface area contributed by atoms with Crippen LogP contribution in [0.15, 0.2) is 76.8 Å². The number of thioether (sulfide) groups is 1. The molecular weight excluding hydrogens is 394 g/mol. The van der Waals surface area contributed by atoms with Crippen molar-refractivity contribution in [2.45, 2.75) is 31.0 Å². The third-order valence-corrected chi connectivity index (χ3v) is 6.66. The Morgan fingerprint density at radius 2 is 1.77 bits per heavy atom. The Hall–Kier alpha value is -2.86. The fourth-order valence-corrected chi connectivity index (χ4v) is 4.89. The smallest absolute Gasteiger partial charge is 0.257 e. The van der Waals surface area contributed by atoms with Crippen LogP contribution < -0.4 is 10.9 Å². The SMILES string of the molecule is Cc1cnc2n(c1=O)CC(C(=O)NCCC(c1ccccc1)c1ccccc1)CS2. The molecule has 0 spiro atoms. The van der Waals surface area contributed by atoms with Gasteiger partial charge in [-0.05, 0) is 24.5 Å². The van der Waals surface area contributed by atoms with E-state index in [1.165, 1.54) is 22.9 Å². The van der Waals surface area contributed by atoms with Crippen molar-refractivity contribution in [3.05, 3.63) is 93.9 Å². The van der Waals surface area contributed by atoms with Crippen LogP contribution in [0.2, 0.25) is 0 Å². The van der Waals surface area contributed by atoms with E-state index in [1.807, 2.05) is 36.4 Å². The van der Waals surface area contributed by atoms with Crippen LogP contribution in [0.25, 0.3) is 0 Å². The largest absolute Gasteiger partial charge is 0.356 e. The van der Waals surface area contributed by atoms with Gasteiger partial charge in [-0.3, -0.25) is 14.2 Å². The second-order valence-electron chi connectivity index (χ2n) is 7.60. The number of aryl methyl sites for hydroxylation is 1. The molecule has 0 bridgehead atoms. The first kappa shape index (κ1) is 20.4. The third-order valence-electron chi connectivity index (χ3n) is 5.51. The highest BCUT2D eigenvalue weighted by atomic mass is 32.2. The van der Waals surface area contributed by atoms with Gasteiger partial charge in [0.2, 0.25) is 5.91 Å². The highest BCUT2D eigenvalue weighted by Crippen LogP contribution is 2.28. The maximum Gasteiger partial charge on any atom is 0.257 e. The summed E-state index contributed by atoms with van der Waals surface area (Å²) in [6.45, 7) is 2.73. The van der Waals surface area contributed by atoms with E-state index in [1.54, 1.807) is 17.7 Å². The lowest BCUT2D eigenvalue weighted by atomic mass is 9.88. The molecule has 5 nitrogen and oxygen atoms in total. The van der Waals surface area contributed by atoms with Crippen LogP contribution in [-0.4, -0.2) is 27.8 Å². The van der Waals surface area contributed by atoms with Gasteiger partial charge in [0.05, 0.1) is 5.92 Å². The zero-order valence-corrected chi connectivity index (χ0v) is 17.8. The second kappa shape index (κ2) is 9.30. The molecule has 1 N–H and O–H groups in total. The van der Waals surface area contributed by atoms with Crippen molar-refractivity contribution < 1.29 is 4.79 Å².